The van der Waals surface area contributed by atoms with Crippen molar-refractivity contribution in [1.29, 1.82) is 0 Å². The highest BCUT2D eigenvalue weighted by Crippen LogP contribution is 2.44. The molecule has 0 aliphatic heterocycles. The van der Waals surface area contributed by atoms with Gasteiger partial charge in [-0.15, -0.1) is 0 Å². The molecule has 8 heteroatoms. The van der Waals surface area contributed by atoms with Crippen molar-refractivity contribution in [2.75, 3.05) is 13.2 Å². The molecule has 0 fully saturated rings. The molecule has 2 amide bonds. The summed E-state index contributed by atoms with van der Waals surface area (Å²) in [5, 5.41) is 23.2. The van der Waals surface area contributed by atoms with Crippen molar-refractivity contribution in [1.82, 2.24) is 10.6 Å². The summed E-state index contributed by atoms with van der Waals surface area (Å²) in [6.07, 6.45) is -0.146. The molecule has 2 aromatic rings. The molecule has 34 heavy (non-hydrogen) atoms. The fourth-order valence-electron chi connectivity index (χ4n) is 4.23. The van der Waals surface area contributed by atoms with E-state index in [1.807, 2.05) is 31.2 Å². The Balaban J connectivity index is 1.39. The average Bonchev–Trinajstić information content (AvgIpc) is 3.14. The maximum Gasteiger partial charge on any atom is 0.407 e. The van der Waals surface area contributed by atoms with Gasteiger partial charge >= 0.3 is 12.1 Å². The van der Waals surface area contributed by atoms with Gasteiger partial charge in [0.2, 0.25) is 5.91 Å². The fraction of sp³-hybridized carbons (Fsp3) is 0.423. The smallest absolute Gasteiger partial charge is 0.407 e. The van der Waals surface area contributed by atoms with Gasteiger partial charge in [0.1, 0.15) is 6.61 Å². The monoisotopic (exact) mass is 468 g/mol. The number of carboxylic acids is 1. The second-order valence-corrected chi connectivity index (χ2v) is 8.80. The van der Waals surface area contributed by atoms with Gasteiger partial charge in [-0.1, -0.05) is 61.9 Å². The number of aliphatic carboxylic acids is 1. The average molecular weight is 469 g/mol. The predicted molar refractivity (Wildman–Crippen MR) is 127 cm³/mol. The lowest BCUT2D eigenvalue weighted by Crippen LogP contribution is -2.39. The van der Waals surface area contributed by atoms with Crippen LogP contribution in [0.1, 0.15) is 50.2 Å². The van der Waals surface area contributed by atoms with Gasteiger partial charge in [0.05, 0.1) is 6.54 Å². The zero-order valence-electron chi connectivity index (χ0n) is 19.5. The molecule has 2 aromatic carbocycles. The molecule has 2 unspecified atom stereocenters. The van der Waals surface area contributed by atoms with Crippen molar-refractivity contribution in [2.45, 2.75) is 51.2 Å². The Morgan fingerprint density at radius 2 is 1.56 bits per heavy atom. The lowest BCUT2D eigenvalue weighted by molar-refractivity contribution is -0.146. The van der Waals surface area contributed by atoms with Crippen molar-refractivity contribution < 1.29 is 29.3 Å². The largest absolute Gasteiger partial charge is 0.479 e. The third-order valence-electron chi connectivity index (χ3n) is 6.18. The van der Waals surface area contributed by atoms with E-state index in [-0.39, 0.29) is 36.9 Å². The molecule has 3 rings (SSSR count). The van der Waals surface area contributed by atoms with Crippen LogP contribution >= 0.6 is 0 Å². The van der Waals surface area contributed by atoms with Crippen molar-refractivity contribution in [3.63, 3.8) is 0 Å². The van der Waals surface area contributed by atoms with Crippen molar-refractivity contribution >= 4 is 18.0 Å². The fourth-order valence-corrected chi connectivity index (χ4v) is 4.23. The number of alkyl carbamates (subject to hydrolysis) is 1. The first-order valence-corrected chi connectivity index (χ1v) is 11.6. The highest BCUT2D eigenvalue weighted by atomic mass is 16.5. The number of amides is 2. The minimum absolute atomic E-state index is 0.00691. The standard InChI is InChI=1S/C26H32N2O6/c1-16(24(30)27-14-23(29)25(31)32)8-7-9-17(2)28-26(33)34-15-22-20-12-5-3-10-18(20)19-11-4-6-13-21(19)22/h3-6,10-13,16-17,22-23,29H,7-9,14-15H2,1-2H3,(H,27,30)(H,28,33)(H,31,32)/t16?,17?,23-/m0/s1. The van der Waals surface area contributed by atoms with Crippen LogP contribution in [0.5, 0.6) is 0 Å². The highest BCUT2D eigenvalue weighted by molar-refractivity contribution is 5.80. The summed E-state index contributed by atoms with van der Waals surface area (Å²) in [6, 6.07) is 16.2. The summed E-state index contributed by atoms with van der Waals surface area (Å²) < 4.78 is 5.56. The number of carbonyl (C=O) groups excluding carboxylic acids is 2. The van der Waals surface area contributed by atoms with Gasteiger partial charge < -0.3 is 25.6 Å². The van der Waals surface area contributed by atoms with Gasteiger partial charge in [0, 0.05) is 17.9 Å². The Morgan fingerprint density at radius 3 is 2.15 bits per heavy atom. The first kappa shape index (κ1) is 25.2. The van der Waals surface area contributed by atoms with Crippen molar-refractivity contribution in [2.24, 2.45) is 5.92 Å². The van der Waals surface area contributed by atoms with Crippen LogP contribution in [0.4, 0.5) is 4.79 Å². The number of nitrogens with one attached hydrogen (secondary N) is 2. The molecular formula is C26H32N2O6. The molecular weight excluding hydrogens is 436 g/mol. The minimum atomic E-state index is -1.61. The maximum atomic E-state index is 12.4. The van der Waals surface area contributed by atoms with E-state index in [4.69, 9.17) is 9.84 Å². The number of ether oxygens (including phenoxy) is 1. The van der Waals surface area contributed by atoms with E-state index in [1.54, 1.807) is 6.92 Å². The lowest BCUT2D eigenvalue weighted by atomic mass is 9.98. The Hall–Kier alpha value is -3.39. The SMILES string of the molecule is CC(CCCC(C)C(=O)NC[C@H](O)C(=O)O)NC(=O)OCC1c2ccccc2-c2ccccc21. The van der Waals surface area contributed by atoms with E-state index in [0.29, 0.717) is 19.3 Å². The van der Waals surface area contributed by atoms with E-state index in [9.17, 15) is 19.5 Å². The normalized spacial score (nSPS) is 14.9. The third-order valence-corrected chi connectivity index (χ3v) is 6.18. The molecule has 1 aliphatic carbocycles. The number of fused-ring (bicyclic) bond motifs is 3. The Bertz CT molecular complexity index is 978. The molecule has 0 heterocycles. The van der Waals surface area contributed by atoms with Crippen LogP contribution in [0.2, 0.25) is 0 Å². The first-order valence-electron chi connectivity index (χ1n) is 11.6. The number of benzene rings is 2. The number of hydrogen-bond acceptors (Lipinski definition) is 5. The predicted octanol–water partition coefficient (Wildman–Crippen LogP) is 3.28. The molecule has 8 nitrogen and oxygen atoms in total. The third kappa shape index (κ3) is 6.35. The first-order chi connectivity index (χ1) is 16.3. The zero-order valence-corrected chi connectivity index (χ0v) is 19.5. The molecule has 0 radical (unpaired) electrons. The van der Waals surface area contributed by atoms with Gasteiger partial charge in [-0.25, -0.2) is 9.59 Å². The lowest BCUT2D eigenvalue weighted by Gasteiger charge is -2.18. The summed E-state index contributed by atoms with van der Waals surface area (Å²) in [7, 11) is 0. The van der Waals surface area contributed by atoms with Gasteiger partial charge in [-0.2, -0.15) is 0 Å². The van der Waals surface area contributed by atoms with Crippen LogP contribution in [0.25, 0.3) is 11.1 Å². The van der Waals surface area contributed by atoms with Crippen LogP contribution in [0.15, 0.2) is 48.5 Å². The molecule has 182 valence electrons. The van der Waals surface area contributed by atoms with Gasteiger partial charge in [0.25, 0.3) is 0 Å². The molecule has 0 bridgehead atoms. The summed E-state index contributed by atoms with van der Waals surface area (Å²) in [5.41, 5.74) is 4.67. The summed E-state index contributed by atoms with van der Waals surface area (Å²) in [4.78, 5) is 35.0. The van der Waals surface area contributed by atoms with E-state index >= 15 is 0 Å². The van der Waals surface area contributed by atoms with E-state index < -0.39 is 18.2 Å². The van der Waals surface area contributed by atoms with Crippen LogP contribution in [0.3, 0.4) is 0 Å². The summed E-state index contributed by atoms with van der Waals surface area (Å²) in [5.74, 6) is -2.01. The summed E-state index contributed by atoms with van der Waals surface area (Å²) >= 11 is 0. The highest BCUT2D eigenvalue weighted by Gasteiger charge is 2.29. The van der Waals surface area contributed by atoms with Gasteiger partial charge in [-0.3, -0.25) is 4.79 Å². The molecule has 0 saturated carbocycles. The second-order valence-electron chi connectivity index (χ2n) is 8.80. The molecule has 0 spiro atoms. The number of aliphatic hydroxyl groups excluding tert-OH is 1. The summed E-state index contributed by atoms with van der Waals surface area (Å²) in [6.45, 7) is 3.56. The topological polar surface area (TPSA) is 125 Å². The number of aliphatic hydroxyl groups is 1. The quantitative estimate of drug-likeness (QED) is 0.401. The van der Waals surface area contributed by atoms with E-state index in [1.165, 1.54) is 11.1 Å². The second kappa shape index (κ2) is 11.7. The molecule has 0 aromatic heterocycles. The molecule has 3 atom stereocenters. The van der Waals surface area contributed by atoms with Crippen LogP contribution < -0.4 is 10.6 Å². The number of rotatable bonds is 11. The Labute approximate surface area is 199 Å². The minimum Gasteiger partial charge on any atom is -0.479 e. The van der Waals surface area contributed by atoms with Crippen LogP contribution in [0, 0.1) is 5.92 Å². The Kier molecular flexibility index (Phi) is 8.65. The molecule has 1 aliphatic rings. The van der Waals surface area contributed by atoms with Crippen molar-refractivity contribution in [3.8, 4) is 11.1 Å². The van der Waals surface area contributed by atoms with Crippen molar-refractivity contribution in [3.05, 3.63) is 59.7 Å². The molecule has 4 N–H and O–H groups in total. The Morgan fingerprint density at radius 1 is 0.971 bits per heavy atom. The van der Waals surface area contributed by atoms with Gasteiger partial charge in [0.15, 0.2) is 6.10 Å². The van der Waals surface area contributed by atoms with Crippen LogP contribution in [-0.4, -0.2) is 53.5 Å². The number of hydrogen-bond donors (Lipinski definition) is 4. The number of carbonyl (C=O) groups is 3. The number of carboxylic acid groups (broad SMARTS) is 1. The maximum absolute atomic E-state index is 12.4. The molecule has 0 saturated heterocycles. The zero-order chi connectivity index (χ0) is 24.7. The van der Waals surface area contributed by atoms with E-state index in [0.717, 1.165) is 11.1 Å². The van der Waals surface area contributed by atoms with E-state index in [2.05, 4.69) is 34.9 Å². The van der Waals surface area contributed by atoms with Crippen LogP contribution in [-0.2, 0) is 14.3 Å². The van der Waals surface area contributed by atoms with Gasteiger partial charge in [-0.05, 0) is 42.0 Å².